The van der Waals surface area contributed by atoms with E-state index < -0.39 is 23.2 Å². The number of fused-ring (bicyclic) bond motifs is 1. The molecule has 0 aliphatic rings. The lowest BCUT2D eigenvalue weighted by molar-refractivity contribution is -0.137. The van der Waals surface area contributed by atoms with Crippen LogP contribution in [-0.2, 0) is 12.7 Å². The second-order valence-electron chi connectivity index (χ2n) is 6.57. The fraction of sp³-hybridized carbons (Fsp3) is 0.0909. The van der Waals surface area contributed by atoms with E-state index in [1.807, 2.05) is 0 Å². The first-order valence-electron chi connectivity index (χ1n) is 8.97. The van der Waals surface area contributed by atoms with E-state index in [1.165, 1.54) is 24.5 Å². The number of aromatic nitrogens is 1. The van der Waals surface area contributed by atoms with E-state index in [-0.39, 0.29) is 17.8 Å². The van der Waals surface area contributed by atoms with Crippen molar-refractivity contribution in [1.82, 2.24) is 9.88 Å². The number of benzene rings is 2. The zero-order chi connectivity index (χ0) is 21.3. The SMILES string of the molecule is O=C(NCc1ccco1)c1cc2ccccc2n(-c2cccc(C(F)(F)F)c2)c1=O. The summed E-state index contributed by atoms with van der Waals surface area (Å²) in [6, 6.07) is 15.9. The van der Waals surface area contributed by atoms with E-state index in [0.29, 0.717) is 16.7 Å². The highest BCUT2D eigenvalue weighted by atomic mass is 19.4. The Hall–Kier alpha value is -3.81. The van der Waals surface area contributed by atoms with Gasteiger partial charge in [0.1, 0.15) is 11.3 Å². The number of hydrogen-bond donors (Lipinski definition) is 1. The monoisotopic (exact) mass is 412 g/mol. The molecule has 1 amide bonds. The summed E-state index contributed by atoms with van der Waals surface area (Å²) in [5.41, 5.74) is -1.37. The molecule has 0 unspecified atom stereocenters. The molecule has 152 valence electrons. The third kappa shape index (κ3) is 3.71. The second-order valence-corrected chi connectivity index (χ2v) is 6.57. The minimum atomic E-state index is -4.56. The van der Waals surface area contributed by atoms with Crippen LogP contribution in [0.5, 0.6) is 0 Å². The molecule has 2 aromatic heterocycles. The summed E-state index contributed by atoms with van der Waals surface area (Å²) in [5.74, 6) is -0.148. The molecule has 4 rings (SSSR count). The van der Waals surface area contributed by atoms with E-state index in [9.17, 15) is 22.8 Å². The van der Waals surface area contributed by atoms with Crippen LogP contribution >= 0.6 is 0 Å². The van der Waals surface area contributed by atoms with Gasteiger partial charge < -0.3 is 9.73 Å². The van der Waals surface area contributed by atoms with Crippen LogP contribution in [0.1, 0.15) is 21.7 Å². The van der Waals surface area contributed by atoms with Crippen molar-refractivity contribution in [3.05, 3.63) is 100 Å². The molecular formula is C22H15F3N2O3. The minimum absolute atomic E-state index is 0.0201. The zero-order valence-electron chi connectivity index (χ0n) is 15.4. The van der Waals surface area contributed by atoms with Gasteiger partial charge in [0.15, 0.2) is 0 Å². The summed E-state index contributed by atoms with van der Waals surface area (Å²) >= 11 is 0. The first-order chi connectivity index (χ1) is 14.3. The Morgan fingerprint density at radius 3 is 2.53 bits per heavy atom. The number of nitrogens with zero attached hydrogens (tertiary/aromatic N) is 1. The molecule has 30 heavy (non-hydrogen) atoms. The predicted molar refractivity (Wildman–Crippen MR) is 104 cm³/mol. The number of pyridine rings is 1. The van der Waals surface area contributed by atoms with Crippen molar-refractivity contribution in [2.75, 3.05) is 0 Å². The molecule has 0 bridgehead atoms. The molecule has 1 N–H and O–H groups in total. The molecule has 0 spiro atoms. The molecule has 0 saturated carbocycles. The highest BCUT2D eigenvalue weighted by Crippen LogP contribution is 2.30. The maximum Gasteiger partial charge on any atom is 0.416 e. The largest absolute Gasteiger partial charge is 0.467 e. The van der Waals surface area contributed by atoms with Crippen molar-refractivity contribution >= 4 is 16.8 Å². The average Bonchev–Trinajstić information content (AvgIpc) is 3.25. The first kappa shape index (κ1) is 19.5. The number of para-hydroxylation sites is 1. The molecule has 0 atom stereocenters. The summed E-state index contributed by atoms with van der Waals surface area (Å²) in [7, 11) is 0. The van der Waals surface area contributed by atoms with E-state index >= 15 is 0 Å². The van der Waals surface area contributed by atoms with Gasteiger partial charge in [-0.2, -0.15) is 13.2 Å². The molecule has 0 fully saturated rings. The van der Waals surface area contributed by atoms with Crippen LogP contribution in [0, 0.1) is 0 Å². The van der Waals surface area contributed by atoms with Crippen LogP contribution in [0.3, 0.4) is 0 Å². The van der Waals surface area contributed by atoms with Gasteiger partial charge in [-0.1, -0.05) is 24.3 Å². The van der Waals surface area contributed by atoms with Crippen LogP contribution in [0.15, 0.2) is 82.2 Å². The van der Waals surface area contributed by atoms with Crippen molar-refractivity contribution < 1.29 is 22.4 Å². The predicted octanol–water partition coefficient (Wildman–Crippen LogP) is 4.53. The summed E-state index contributed by atoms with van der Waals surface area (Å²) in [6.07, 6.45) is -3.11. The van der Waals surface area contributed by atoms with E-state index in [4.69, 9.17) is 4.42 Å². The van der Waals surface area contributed by atoms with Gasteiger partial charge in [0.05, 0.1) is 23.9 Å². The Labute approximate surface area is 168 Å². The zero-order valence-corrected chi connectivity index (χ0v) is 15.4. The number of carbonyl (C=O) groups excluding carboxylic acids is 1. The Bertz CT molecular complexity index is 1280. The molecule has 8 heteroatoms. The van der Waals surface area contributed by atoms with Crippen molar-refractivity contribution in [2.45, 2.75) is 12.7 Å². The maximum atomic E-state index is 13.2. The van der Waals surface area contributed by atoms with Gasteiger partial charge in [-0.3, -0.25) is 14.2 Å². The molecule has 0 saturated heterocycles. The molecule has 2 aromatic carbocycles. The van der Waals surface area contributed by atoms with E-state index in [2.05, 4.69) is 5.32 Å². The van der Waals surface area contributed by atoms with Crippen LogP contribution in [0.2, 0.25) is 0 Å². The number of furan rings is 1. The summed E-state index contributed by atoms with van der Waals surface area (Å²) in [6.45, 7) is 0.0711. The minimum Gasteiger partial charge on any atom is -0.467 e. The Morgan fingerprint density at radius 1 is 1.00 bits per heavy atom. The van der Waals surface area contributed by atoms with E-state index in [0.717, 1.165) is 16.7 Å². The average molecular weight is 412 g/mol. The van der Waals surface area contributed by atoms with Gasteiger partial charge in [0.2, 0.25) is 0 Å². The molecule has 0 radical (unpaired) electrons. The number of carbonyl (C=O) groups is 1. The molecule has 0 aliphatic heterocycles. The topological polar surface area (TPSA) is 64.2 Å². The lowest BCUT2D eigenvalue weighted by atomic mass is 10.1. The van der Waals surface area contributed by atoms with Crippen LogP contribution in [0.25, 0.3) is 16.6 Å². The molecule has 0 aliphatic carbocycles. The summed E-state index contributed by atoms with van der Waals surface area (Å²) < 4.78 is 45.8. The van der Waals surface area contributed by atoms with Gasteiger partial charge >= 0.3 is 6.18 Å². The molecule has 5 nitrogen and oxygen atoms in total. The van der Waals surface area contributed by atoms with Crippen molar-refractivity contribution in [2.24, 2.45) is 0 Å². The Kier molecular flexibility index (Phi) is 4.91. The number of amides is 1. The fourth-order valence-electron chi connectivity index (χ4n) is 3.18. The standard InChI is InChI=1S/C22H15F3N2O3/c23-22(24,25)15-6-3-7-16(12-15)27-19-9-2-1-5-14(19)11-18(21(27)29)20(28)26-13-17-8-4-10-30-17/h1-12H,13H2,(H,26,28). The van der Waals surface area contributed by atoms with Crippen molar-refractivity contribution in [1.29, 1.82) is 0 Å². The first-order valence-corrected chi connectivity index (χ1v) is 8.97. The summed E-state index contributed by atoms with van der Waals surface area (Å²) in [4.78, 5) is 25.8. The normalized spacial score (nSPS) is 11.6. The fourth-order valence-corrected chi connectivity index (χ4v) is 3.18. The maximum absolute atomic E-state index is 13.2. The van der Waals surface area contributed by atoms with Crippen LogP contribution in [0.4, 0.5) is 13.2 Å². The smallest absolute Gasteiger partial charge is 0.416 e. The van der Waals surface area contributed by atoms with Gasteiger partial charge in [-0.25, -0.2) is 0 Å². The third-order valence-corrected chi connectivity index (χ3v) is 4.59. The lowest BCUT2D eigenvalue weighted by Gasteiger charge is -2.15. The molecule has 2 heterocycles. The van der Waals surface area contributed by atoms with Gasteiger partial charge in [-0.05, 0) is 47.9 Å². The van der Waals surface area contributed by atoms with Gasteiger partial charge in [0.25, 0.3) is 11.5 Å². The summed E-state index contributed by atoms with van der Waals surface area (Å²) in [5, 5.41) is 3.13. The molecule has 4 aromatic rings. The highest BCUT2D eigenvalue weighted by molar-refractivity contribution is 5.97. The molecular weight excluding hydrogens is 397 g/mol. The van der Waals surface area contributed by atoms with Gasteiger partial charge in [-0.15, -0.1) is 0 Å². The Balaban J connectivity index is 1.84. The number of halogens is 3. The number of nitrogens with one attached hydrogen (secondary N) is 1. The Morgan fingerprint density at radius 2 is 1.80 bits per heavy atom. The lowest BCUT2D eigenvalue weighted by Crippen LogP contribution is -2.32. The second kappa shape index (κ2) is 7.55. The van der Waals surface area contributed by atoms with Crippen LogP contribution < -0.4 is 10.9 Å². The highest BCUT2D eigenvalue weighted by Gasteiger charge is 2.30. The van der Waals surface area contributed by atoms with Gasteiger partial charge in [0, 0.05) is 5.69 Å². The van der Waals surface area contributed by atoms with Crippen molar-refractivity contribution in [3.8, 4) is 5.69 Å². The van der Waals surface area contributed by atoms with E-state index in [1.54, 1.807) is 36.4 Å². The number of rotatable bonds is 4. The number of hydrogen-bond acceptors (Lipinski definition) is 3. The number of alkyl halides is 3. The third-order valence-electron chi connectivity index (χ3n) is 4.59. The van der Waals surface area contributed by atoms with Crippen molar-refractivity contribution in [3.63, 3.8) is 0 Å². The quantitative estimate of drug-likeness (QED) is 0.536. The van der Waals surface area contributed by atoms with Crippen LogP contribution in [-0.4, -0.2) is 10.5 Å².